The molecule has 1 aromatic heterocycles. The van der Waals surface area contributed by atoms with Crippen LogP contribution in [0, 0.1) is 0 Å². The Bertz CT molecular complexity index is 395. The molecule has 0 aliphatic heterocycles. The Labute approximate surface area is 122 Å². The average Bonchev–Trinajstić information content (AvgIpc) is 2.44. The molecule has 0 spiro atoms. The molecule has 0 amide bonds. The zero-order chi connectivity index (χ0) is 15.0. The standard InChI is InChI=1S/C15H28N4O/c1-6-8-16-14-13(11(3)4)15(18-10-17-14)19-12(7-2)9-20-5/h10-12H,6-9H2,1-5H3,(H2,16,17,18,19). The van der Waals surface area contributed by atoms with E-state index in [4.69, 9.17) is 4.74 Å². The number of hydrogen-bond donors (Lipinski definition) is 2. The Morgan fingerprint density at radius 1 is 1.20 bits per heavy atom. The lowest BCUT2D eigenvalue weighted by atomic mass is 10.0. The Kier molecular flexibility index (Phi) is 7.30. The monoisotopic (exact) mass is 280 g/mol. The van der Waals surface area contributed by atoms with Gasteiger partial charge in [0.2, 0.25) is 0 Å². The van der Waals surface area contributed by atoms with E-state index in [9.17, 15) is 0 Å². The molecule has 5 nitrogen and oxygen atoms in total. The molecule has 5 heteroatoms. The minimum Gasteiger partial charge on any atom is -0.383 e. The fraction of sp³-hybridized carbons (Fsp3) is 0.733. The predicted molar refractivity (Wildman–Crippen MR) is 84.5 cm³/mol. The van der Waals surface area contributed by atoms with E-state index in [2.05, 4.69) is 48.3 Å². The number of aromatic nitrogens is 2. The molecule has 1 rings (SSSR count). The fourth-order valence-electron chi connectivity index (χ4n) is 2.10. The van der Waals surface area contributed by atoms with Gasteiger partial charge in [0.15, 0.2) is 0 Å². The van der Waals surface area contributed by atoms with Gasteiger partial charge in [-0.2, -0.15) is 0 Å². The fourth-order valence-corrected chi connectivity index (χ4v) is 2.10. The summed E-state index contributed by atoms with van der Waals surface area (Å²) in [5.74, 6) is 2.21. The van der Waals surface area contributed by atoms with Crippen molar-refractivity contribution in [1.29, 1.82) is 0 Å². The van der Waals surface area contributed by atoms with E-state index in [1.807, 2.05) is 0 Å². The number of anilines is 2. The van der Waals surface area contributed by atoms with Crippen molar-refractivity contribution in [3.05, 3.63) is 11.9 Å². The minimum absolute atomic E-state index is 0.270. The first-order valence-corrected chi connectivity index (χ1v) is 7.48. The summed E-state index contributed by atoms with van der Waals surface area (Å²) < 4.78 is 5.24. The lowest BCUT2D eigenvalue weighted by Gasteiger charge is -2.22. The maximum absolute atomic E-state index is 5.24. The van der Waals surface area contributed by atoms with Gasteiger partial charge in [0.25, 0.3) is 0 Å². The molecule has 1 atom stereocenters. The SMILES string of the molecule is CCCNc1ncnc(NC(CC)COC)c1C(C)C. The zero-order valence-electron chi connectivity index (χ0n) is 13.4. The molecular weight excluding hydrogens is 252 g/mol. The second-order valence-corrected chi connectivity index (χ2v) is 5.27. The van der Waals surface area contributed by atoms with E-state index in [0.29, 0.717) is 12.5 Å². The summed E-state index contributed by atoms with van der Waals surface area (Å²) in [6.45, 7) is 10.2. The van der Waals surface area contributed by atoms with Crippen LogP contribution in [0.5, 0.6) is 0 Å². The molecule has 0 fully saturated rings. The van der Waals surface area contributed by atoms with Gasteiger partial charge in [0, 0.05) is 19.2 Å². The van der Waals surface area contributed by atoms with Crippen molar-refractivity contribution in [1.82, 2.24) is 9.97 Å². The van der Waals surface area contributed by atoms with E-state index in [1.165, 1.54) is 0 Å². The number of rotatable bonds is 9. The molecule has 20 heavy (non-hydrogen) atoms. The van der Waals surface area contributed by atoms with E-state index >= 15 is 0 Å². The third-order valence-electron chi connectivity index (χ3n) is 3.21. The molecule has 0 aromatic carbocycles. The molecule has 0 radical (unpaired) electrons. The number of nitrogens with zero attached hydrogens (tertiary/aromatic N) is 2. The molecule has 1 aromatic rings. The summed E-state index contributed by atoms with van der Waals surface area (Å²) in [4.78, 5) is 8.80. The normalized spacial score (nSPS) is 12.5. The van der Waals surface area contributed by atoms with Gasteiger partial charge in [0.1, 0.15) is 18.0 Å². The lowest BCUT2D eigenvalue weighted by molar-refractivity contribution is 0.184. The van der Waals surface area contributed by atoms with E-state index in [-0.39, 0.29) is 6.04 Å². The number of nitrogens with one attached hydrogen (secondary N) is 2. The van der Waals surface area contributed by atoms with E-state index in [0.717, 1.165) is 36.6 Å². The Hall–Kier alpha value is -1.36. The third kappa shape index (κ3) is 4.63. The van der Waals surface area contributed by atoms with Crippen molar-refractivity contribution < 1.29 is 4.74 Å². The number of ether oxygens (including phenoxy) is 1. The molecule has 114 valence electrons. The largest absolute Gasteiger partial charge is 0.383 e. The van der Waals surface area contributed by atoms with Crippen molar-refractivity contribution in [2.75, 3.05) is 30.9 Å². The lowest BCUT2D eigenvalue weighted by Crippen LogP contribution is -2.26. The number of methoxy groups -OCH3 is 1. The molecule has 0 saturated carbocycles. The van der Waals surface area contributed by atoms with Crippen molar-refractivity contribution in [2.45, 2.75) is 52.5 Å². The molecule has 0 aliphatic carbocycles. The van der Waals surface area contributed by atoms with Crippen molar-refractivity contribution in [2.24, 2.45) is 0 Å². The van der Waals surface area contributed by atoms with Crippen LogP contribution in [0.2, 0.25) is 0 Å². The van der Waals surface area contributed by atoms with Crippen LogP contribution < -0.4 is 10.6 Å². The predicted octanol–water partition coefficient (Wildman–Crippen LogP) is 3.26. The highest BCUT2D eigenvalue weighted by molar-refractivity contribution is 5.59. The zero-order valence-corrected chi connectivity index (χ0v) is 13.4. The summed E-state index contributed by atoms with van der Waals surface area (Å²) in [7, 11) is 1.72. The van der Waals surface area contributed by atoms with Gasteiger partial charge in [-0.1, -0.05) is 27.7 Å². The highest BCUT2D eigenvalue weighted by Gasteiger charge is 2.17. The van der Waals surface area contributed by atoms with Crippen LogP contribution in [0.1, 0.15) is 52.0 Å². The smallest absolute Gasteiger partial charge is 0.135 e. The second kappa shape index (κ2) is 8.74. The van der Waals surface area contributed by atoms with Crippen molar-refractivity contribution in [3.8, 4) is 0 Å². The first kappa shape index (κ1) is 16.7. The molecular formula is C15H28N4O. The molecule has 0 bridgehead atoms. The van der Waals surface area contributed by atoms with Crippen LogP contribution in [-0.2, 0) is 4.74 Å². The van der Waals surface area contributed by atoms with Crippen LogP contribution in [0.3, 0.4) is 0 Å². The van der Waals surface area contributed by atoms with E-state index < -0.39 is 0 Å². The molecule has 1 heterocycles. The van der Waals surface area contributed by atoms with Gasteiger partial charge in [-0.3, -0.25) is 0 Å². The molecule has 2 N–H and O–H groups in total. The summed E-state index contributed by atoms with van der Waals surface area (Å²) >= 11 is 0. The molecule has 1 unspecified atom stereocenters. The van der Waals surface area contributed by atoms with Crippen LogP contribution in [-0.4, -0.2) is 36.3 Å². The maximum Gasteiger partial charge on any atom is 0.135 e. The average molecular weight is 280 g/mol. The highest BCUT2D eigenvalue weighted by Crippen LogP contribution is 2.28. The van der Waals surface area contributed by atoms with Gasteiger partial charge in [0.05, 0.1) is 12.6 Å². The number of hydrogen-bond acceptors (Lipinski definition) is 5. The molecule has 0 saturated heterocycles. The van der Waals surface area contributed by atoms with Crippen LogP contribution in [0.15, 0.2) is 6.33 Å². The first-order chi connectivity index (χ1) is 9.63. The van der Waals surface area contributed by atoms with Crippen LogP contribution in [0.4, 0.5) is 11.6 Å². The Morgan fingerprint density at radius 3 is 2.45 bits per heavy atom. The Morgan fingerprint density at radius 2 is 1.90 bits per heavy atom. The van der Waals surface area contributed by atoms with Crippen molar-refractivity contribution >= 4 is 11.6 Å². The summed E-state index contributed by atoms with van der Waals surface area (Å²) in [6, 6.07) is 0.270. The quantitative estimate of drug-likeness (QED) is 0.727. The van der Waals surface area contributed by atoms with Gasteiger partial charge in [-0.25, -0.2) is 9.97 Å². The van der Waals surface area contributed by atoms with Crippen LogP contribution >= 0.6 is 0 Å². The first-order valence-electron chi connectivity index (χ1n) is 7.48. The van der Waals surface area contributed by atoms with E-state index in [1.54, 1.807) is 13.4 Å². The van der Waals surface area contributed by atoms with Gasteiger partial charge in [-0.05, 0) is 18.8 Å². The summed E-state index contributed by atoms with van der Waals surface area (Å²) in [5.41, 5.74) is 1.15. The van der Waals surface area contributed by atoms with Gasteiger partial charge >= 0.3 is 0 Å². The highest BCUT2D eigenvalue weighted by atomic mass is 16.5. The maximum atomic E-state index is 5.24. The summed E-state index contributed by atoms with van der Waals surface area (Å²) in [5, 5.41) is 6.87. The third-order valence-corrected chi connectivity index (χ3v) is 3.21. The van der Waals surface area contributed by atoms with Crippen molar-refractivity contribution in [3.63, 3.8) is 0 Å². The summed E-state index contributed by atoms with van der Waals surface area (Å²) in [6.07, 6.45) is 3.68. The van der Waals surface area contributed by atoms with Gasteiger partial charge < -0.3 is 15.4 Å². The topological polar surface area (TPSA) is 59.1 Å². The molecule has 0 aliphatic rings. The Balaban J connectivity index is 2.98. The van der Waals surface area contributed by atoms with Crippen LogP contribution in [0.25, 0.3) is 0 Å². The minimum atomic E-state index is 0.270. The van der Waals surface area contributed by atoms with Gasteiger partial charge in [-0.15, -0.1) is 0 Å². The second-order valence-electron chi connectivity index (χ2n) is 5.27.